The largest absolute Gasteiger partial charge is 0.756 e. The topological polar surface area (TPSA) is 114 Å². The highest BCUT2D eigenvalue weighted by Gasteiger charge is 2.27. The fourth-order valence-electron chi connectivity index (χ4n) is 8.58. The van der Waals surface area contributed by atoms with Crippen molar-refractivity contribution in [3.8, 4) is 0 Å². The van der Waals surface area contributed by atoms with Crippen LogP contribution in [0.2, 0.25) is 0 Å². The van der Waals surface area contributed by atoms with Crippen LogP contribution in [0.5, 0.6) is 0 Å². The van der Waals surface area contributed by atoms with Gasteiger partial charge >= 0.3 is 5.97 Å². The lowest BCUT2D eigenvalue weighted by molar-refractivity contribution is -0.870. The first-order valence-electron chi connectivity index (χ1n) is 29.1. The number of rotatable bonds is 53. The number of nitrogens with one attached hydrogen (secondary N) is 1. The predicted octanol–water partition coefficient (Wildman–Crippen LogP) is 16.8. The van der Waals surface area contributed by atoms with Crippen LogP contribution >= 0.6 is 7.82 Å². The smallest absolute Gasteiger partial charge is 0.306 e. The summed E-state index contributed by atoms with van der Waals surface area (Å²) < 4.78 is 30.2. The van der Waals surface area contributed by atoms with Crippen LogP contribution in [0.1, 0.15) is 284 Å². The third-order valence-corrected chi connectivity index (χ3v) is 14.1. The van der Waals surface area contributed by atoms with Crippen molar-refractivity contribution in [1.29, 1.82) is 0 Å². The van der Waals surface area contributed by atoms with Crippen LogP contribution in [-0.2, 0) is 27.9 Å². The summed E-state index contributed by atoms with van der Waals surface area (Å²) in [4.78, 5) is 39.8. The lowest BCUT2D eigenvalue weighted by Gasteiger charge is -2.30. The van der Waals surface area contributed by atoms with Crippen molar-refractivity contribution in [3.63, 3.8) is 0 Å². The standard InChI is InChI=1S/C58H113N2O7P/c1-7-10-13-16-19-22-25-27-28-29-30-31-32-33-36-38-41-44-47-50-57(61)59-55(54-66-68(63,64)65-53-52-60(4,5)6)56(49-46-43-40-37-35-26-23-20-17-14-11-8-2)67-58(62)51-48-45-42-39-34-24-21-18-15-12-9-3/h27-28,46,49,55-56H,7-26,29-45,47-48,50-54H2,1-6H3,(H-,59,61,63,64)/b28-27+,49-46-. The highest BCUT2D eigenvalue weighted by atomic mass is 31.2. The summed E-state index contributed by atoms with van der Waals surface area (Å²) in [5.74, 6) is -0.533. The number of nitrogens with zero attached hydrogens (tertiary/aromatic N) is 1. The number of allylic oxidation sites excluding steroid dienone is 3. The van der Waals surface area contributed by atoms with Crippen molar-refractivity contribution in [2.45, 2.75) is 296 Å². The summed E-state index contributed by atoms with van der Waals surface area (Å²) in [6, 6.07) is -0.882. The van der Waals surface area contributed by atoms with E-state index in [2.05, 4.69) is 38.2 Å². The molecule has 0 rings (SSSR count). The molecule has 402 valence electrons. The SMILES string of the molecule is CCCCCCCC/C=C/CCCCCCCCCCCC(=O)NC(COP(=O)([O-])OCC[N+](C)(C)C)C(/C=C\CCCCCCCCCCCC)OC(=O)CCCCCCCCCCCCC. The number of hydrogen-bond acceptors (Lipinski definition) is 7. The summed E-state index contributed by atoms with van der Waals surface area (Å²) in [6.07, 6.45) is 55.7. The van der Waals surface area contributed by atoms with Gasteiger partial charge in [0, 0.05) is 12.8 Å². The molecule has 0 aliphatic heterocycles. The summed E-state index contributed by atoms with van der Waals surface area (Å²) >= 11 is 0. The molecule has 0 aromatic rings. The van der Waals surface area contributed by atoms with Gasteiger partial charge in [0.2, 0.25) is 5.91 Å². The van der Waals surface area contributed by atoms with Gasteiger partial charge in [-0.1, -0.05) is 238 Å². The van der Waals surface area contributed by atoms with E-state index in [1.807, 2.05) is 33.3 Å². The first-order chi connectivity index (χ1) is 32.9. The Bertz CT molecular complexity index is 1220. The first kappa shape index (κ1) is 66.5. The Morgan fingerprint density at radius 1 is 0.500 bits per heavy atom. The summed E-state index contributed by atoms with van der Waals surface area (Å²) in [7, 11) is 1.20. The van der Waals surface area contributed by atoms with Gasteiger partial charge in [0.25, 0.3) is 7.82 Å². The normalized spacial score (nSPS) is 13.9. The molecule has 0 radical (unpaired) electrons. The van der Waals surface area contributed by atoms with Crippen molar-refractivity contribution in [2.75, 3.05) is 40.9 Å². The molecular weight excluding hydrogens is 868 g/mol. The third kappa shape index (κ3) is 49.5. The second-order valence-electron chi connectivity index (χ2n) is 21.2. The van der Waals surface area contributed by atoms with Crippen LogP contribution < -0.4 is 10.2 Å². The van der Waals surface area contributed by atoms with Gasteiger partial charge in [-0.2, -0.15) is 0 Å². The maximum Gasteiger partial charge on any atom is 0.306 e. The molecule has 0 aliphatic rings. The molecule has 3 atom stereocenters. The Labute approximate surface area is 422 Å². The molecule has 1 N–H and O–H groups in total. The maximum absolute atomic E-state index is 13.5. The molecule has 0 heterocycles. The number of likely N-dealkylation sites (N-methyl/N-ethyl adjacent to an activating group) is 1. The number of esters is 1. The molecule has 0 aromatic carbocycles. The van der Waals surface area contributed by atoms with Crippen LogP contribution in [0.3, 0.4) is 0 Å². The lowest BCUT2D eigenvalue weighted by atomic mass is 10.0. The summed E-state index contributed by atoms with van der Waals surface area (Å²) in [6.45, 7) is 6.85. The van der Waals surface area contributed by atoms with Crippen molar-refractivity contribution in [1.82, 2.24) is 5.32 Å². The van der Waals surface area contributed by atoms with Gasteiger partial charge < -0.3 is 28.5 Å². The van der Waals surface area contributed by atoms with Crippen molar-refractivity contribution >= 4 is 19.7 Å². The van der Waals surface area contributed by atoms with Gasteiger partial charge in [-0.05, 0) is 57.4 Å². The van der Waals surface area contributed by atoms with Gasteiger partial charge in [0.05, 0.1) is 33.8 Å². The summed E-state index contributed by atoms with van der Waals surface area (Å²) in [5, 5.41) is 3.02. The van der Waals surface area contributed by atoms with Gasteiger partial charge in [-0.3, -0.25) is 14.2 Å². The molecule has 9 nitrogen and oxygen atoms in total. The van der Waals surface area contributed by atoms with E-state index in [4.69, 9.17) is 13.8 Å². The second-order valence-corrected chi connectivity index (χ2v) is 22.6. The minimum absolute atomic E-state index is 0.0194. The molecule has 0 bridgehead atoms. The number of hydrogen-bond donors (Lipinski definition) is 1. The Morgan fingerprint density at radius 2 is 0.853 bits per heavy atom. The lowest BCUT2D eigenvalue weighted by Crippen LogP contribution is -2.47. The molecule has 0 saturated carbocycles. The zero-order chi connectivity index (χ0) is 50.1. The Morgan fingerprint density at radius 3 is 1.25 bits per heavy atom. The summed E-state index contributed by atoms with van der Waals surface area (Å²) in [5.41, 5.74) is 0. The Hall–Kier alpha value is -1.51. The van der Waals surface area contributed by atoms with E-state index in [0.717, 1.165) is 57.8 Å². The van der Waals surface area contributed by atoms with Gasteiger partial charge in [-0.25, -0.2) is 0 Å². The van der Waals surface area contributed by atoms with E-state index in [1.54, 1.807) is 0 Å². The number of amides is 1. The monoisotopic (exact) mass is 981 g/mol. The number of quaternary nitrogens is 1. The molecule has 0 spiro atoms. The average Bonchev–Trinajstić information content (AvgIpc) is 3.29. The third-order valence-electron chi connectivity index (χ3n) is 13.1. The van der Waals surface area contributed by atoms with Crippen LogP contribution in [0, 0.1) is 0 Å². The number of unbranched alkanes of at least 4 members (excludes halogenated alkanes) is 35. The van der Waals surface area contributed by atoms with Crippen LogP contribution in [0.25, 0.3) is 0 Å². The number of phosphoric ester groups is 1. The zero-order valence-electron chi connectivity index (χ0n) is 45.8. The van der Waals surface area contributed by atoms with E-state index in [9.17, 15) is 19.0 Å². The Balaban J connectivity index is 5.24. The van der Waals surface area contributed by atoms with Crippen molar-refractivity contribution in [3.05, 3.63) is 24.3 Å². The zero-order valence-corrected chi connectivity index (χ0v) is 46.7. The van der Waals surface area contributed by atoms with E-state index in [0.29, 0.717) is 17.4 Å². The number of carbonyl (C=O) groups is 2. The van der Waals surface area contributed by atoms with Crippen molar-refractivity contribution < 1.29 is 37.3 Å². The molecule has 0 fully saturated rings. The van der Waals surface area contributed by atoms with Gasteiger partial charge in [-0.15, -0.1) is 0 Å². The highest BCUT2D eigenvalue weighted by molar-refractivity contribution is 7.45. The molecule has 0 aromatic heterocycles. The second kappa shape index (κ2) is 49.1. The van der Waals surface area contributed by atoms with E-state index in [1.165, 1.54) is 193 Å². The van der Waals surface area contributed by atoms with Crippen LogP contribution in [0.4, 0.5) is 0 Å². The Kier molecular flexibility index (Phi) is 48.0. The molecular formula is C58H113N2O7P. The molecule has 1 amide bonds. The molecule has 68 heavy (non-hydrogen) atoms. The minimum Gasteiger partial charge on any atom is -0.756 e. The van der Waals surface area contributed by atoms with E-state index in [-0.39, 0.29) is 31.5 Å². The average molecular weight is 982 g/mol. The van der Waals surface area contributed by atoms with Crippen molar-refractivity contribution in [2.24, 2.45) is 0 Å². The predicted molar refractivity (Wildman–Crippen MR) is 289 cm³/mol. The highest BCUT2D eigenvalue weighted by Crippen LogP contribution is 2.38. The number of ether oxygens (including phenoxy) is 1. The van der Waals surface area contributed by atoms with E-state index < -0.39 is 20.0 Å². The number of phosphoric acid groups is 1. The fourth-order valence-corrected chi connectivity index (χ4v) is 9.30. The fraction of sp³-hybridized carbons (Fsp3) is 0.897. The quantitative estimate of drug-likeness (QED) is 0.0212. The van der Waals surface area contributed by atoms with Gasteiger partial charge in [0.1, 0.15) is 19.3 Å². The molecule has 3 unspecified atom stereocenters. The molecule has 0 saturated heterocycles. The van der Waals surface area contributed by atoms with Gasteiger partial charge in [0.15, 0.2) is 0 Å². The van der Waals surface area contributed by atoms with E-state index >= 15 is 0 Å². The molecule has 10 heteroatoms. The van der Waals surface area contributed by atoms with Crippen LogP contribution in [-0.4, -0.2) is 69.4 Å². The van der Waals surface area contributed by atoms with Crippen LogP contribution in [0.15, 0.2) is 24.3 Å². The first-order valence-corrected chi connectivity index (χ1v) is 30.6. The molecule has 0 aliphatic carbocycles. The minimum atomic E-state index is -4.69. The number of carbonyl (C=O) groups excluding carboxylic acids is 2. The maximum atomic E-state index is 13.5.